The highest BCUT2D eigenvalue weighted by Crippen LogP contribution is 2.29. The van der Waals surface area contributed by atoms with Gasteiger partial charge in [-0.3, -0.25) is 0 Å². The van der Waals surface area contributed by atoms with E-state index in [1.807, 2.05) is 43.3 Å². The molecular formula is C17H14Cl2N2O2S. The fraction of sp³-hybridized carbons (Fsp3) is 0.176. The third-order valence-electron chi connectivity index (χ3n) is 3.17. The maximum atomic E-state index is 6.01. The number of halogens is 2. The molecule has 0 aliphatic rings. The molecule has 0 radical (unpaired) electrons. The molecule has 7 heteroatoms. The summed E-state index contributed by atoms with van der Waals surface area (Å²) in [5, 5.41) is 9.73. The van der Waals surface area contributed by atoms with Gasteiger partial charge in [0.05, 0.1) is 16.7 Å². The van der Waals surface area contributed by atoms with Crippen LogP contribution in [0, 0.1) is 0 Å². The molecule has 0 saturated carbocycles. The lowest BCUT2D eigenvalue weighted by molar-refractivity contribution is 0.340. The van der Waals surface area contributed by atoms with Crippen LogP contribution < -0.4 is 4.74 Å². The van der Waals surface area contributed by atoms with Crippen LogP contribution in [0.15, 0.2) is 52.1 Å². The molecule has 0 N–H and O–H groups in total. The standard InChI is InChI=1S/C17H14Cl2N2O2S/c1-2-22-13-6-4-12(5-7-13)16-20-21-17(23-16)24-10-11-3-8-14(18)15(19)9-11/h3-9H,2,10H2,1H3. The number of hydrogen-bond donors (Lipinski definition) is 0. The summed E-state index contributed by atoms with van der Waals surface area (Å²) in [6, 6.07) is 13.1. The van der Waals surface area contributed by atoms with Crippen LogP contribution >= 0.6 is 35.0 Å². The lowest BCUT2D eigenvalue weighted by Crippen LogP contribution is -1.90. The van der Waals surface area contributed by atoms with Crippen LogP contribution in [0.2, 0.25) is 10.0 Å². The Morgan fingerprint density at radius 2 is 1.83 bits per heavy atom. The van der Waals surface area contributed by atoms with Gasteiger partial charge < -0.3 is 9.15 Å². The number of benzene rings is 2. The summed E-state index contributed by atoms with van der Waals surface area (Å²) in [4.78, 5) is 0. The van der Waals surface area contributed by atoms with E-state index in [0.717, 1.165) is 16.9 Å². The zero-order valence-corrected chi connectivity index (χ0v) is 15.2. The van der Waals surface area contributed by atoms with E-state index in [0.29, 0.717) is 33.5 Å². The van der Waals surface area contributed by atoms with Crippen molar-refractivity contribution >= 4 is 35.0 Å². The second kappa shape index (κ2) is 7.92. The Balaban J connectivity index is 1.65. The smallest absolute Gasteiger partial charge is 0.277 e. The van der Waals surface area contributed by atoms with E-state index in [9.17, 15) is 0 Å². The number of aromatic nitrogens is 2. The van der Waals surface area contributed by atoms with E-state index in [-0.39, 0.29) is 0 Å². The highest BCUT2D eigenvalue weighted by Gasteiger charge is 2.10. The summed E-state index contributed by atoms with van der Waals surface area (Å²) in [6.07, 6.45) is 0. The highest BCUT2D eigenvalue weighted by molar-refractivity contribution is 7.98. The molecule has 3 aromatic rings. The normalized spacial score (nSPS) is 10.8. The van der Waals surface area contributed by atoms with Crippen molar-refractivity contribution in [1.82, 2.24) is 10.2 Å². The molecule has 1 heterocycles. The predicted molar refractivity (Wildman–Crippen MR) is 96.9 cm³/mol. The van der Waals surface area contributed by atoms with E-state index in [1.165, 1.54) is 11.8 Å². The molecule has 24 heavy (non-hydrogen) atoms. The maximum Gasteiger partial charge on any atom is 0.277 e. The molecule has 0 saturated heterocycles. The van der Waals surface area contributed by atoms with Crippen LogP contribution in [0.4, 0.5) is 0 Å². The average molecular weight is 381 g/mol. The molecule has 0 fully saturated rings. The molecule has 0 aliphatic carbocycles. The lowest BCUT2D eigenvalue weighted by Gasteiger charge is -2.02. The van der Waals surface area contributed by atoms with Crippen molar-refractivity contribution < 1.29 is 9.15 Å². The summed E-state index contributed by atoms with van der Waals surface area (Å²) in [7, 11) is 0. The van der Waals surface area contributed by atoms with E-state index in [1.54, 1.807) is 6.07 Å². The van der Waals surface area contributed by atoms with Crippen molar-refractivity contribution in [3.63, 3.8) is 0 Å². The first kappa shape index (κ1) is 17.1. The van der Waals surface area contributed by atoms with Crippen LogP contribution in [0.3, 0.4) is 0 Å². The molecule has 0 atom stereocenters. The maximum absolute atomic E-state index is 6.01. The molecule has 0 amide bonds. The van der Waals surface area contributed by atoms with Crippen LogP contribution in [-0.2, 0) is 5.75 Å². The zero-order chi connectivity index (χ0) is 16.9. The second-order valence-corrected chi connectivity index (χ2v) is 6.61. The SMILES string of the molecule is CCOc1ccc(-c2nnc(SCc3ccc(Cl)c(Cl)c3)o2)cc1. The third kappa shape index (κ3) is 4.23. The number of hydrogen-bond acceptors (Lipinski definition) is 5. The van der Waals surface area contributed by atoms with E-state index >= 15 is 0 Å². The van der Waals surface area contributed by atoms with Gasteiger partial charge in [-0.2, -0.15) is 0 Å². The summed E-state index contributed by atoms with van der Waals surface area (Å²) >= 11 is 13.4. The summed E-state index contributed by atoms with van der Waals surface area (Å²) in [6.45, 7) is 2.58. The van der Waals surface area contributed by atoms with Gasteiger partial charge in [-0.15, -0.1) is 10.2 Å². The molecule has 0 spiro atoms. The Kier molecular flexibility index (Phi) is 5.66. The monoisotopic (exact) mass is 380 g/mol. The molecule has 0 aliphatic heterocycles. The number of nitrogens with zero attached hydrogens (tertiary/aromatic N) is 2. The predicted octanol–water partition coefficient (Wildman–Crippen LogP) is 5.73. The van der Waals surface area contributed by atoms with Gasteiger partial charge >= 0.3 is 0 Å². The van der Waals surface area contributed by atoms with Gasteiger partial charge in [0.25, 0.3) is 5.22 Å². The van der Waals surface area contributed by atoms with Crippen LogP contribution in [-0.4, -0.2) is 16.8 Å². The minimum atomic E-state index is 0.481. The first-order valence-electron chi connectivity index (χ1n) is 7.29. The average Bonchev–Trinajstić information content (AvgIpc) is 3.06. The molecular weight excluding hydrogens is 367 g/mol. The summed E-state index contributed by atoms with van der Waals surface area (Å²) in [5.74, 6) is 1.96. The Morgan fingerprint density at radius 3 is 2.54 bits per heavy atom. The van der Waals surface area contributed by atoms with Crippen molar-refractivity contribution in [2.45, 2.75) is 17.9 Å². The minimum Gasteiger partial charge on any atom is -0.494 e. The Labute approximate surface area is 154 Å². The largest absolute Gasteiger partial charge is 0.494 e. The summed E-state index contributed by atoms with van der Waals surface area (Å²) in [5.41, 5.74) is 1.89. The third-order valence-corrected chi connectivity index (χ3v) is 4.79. The van der Waals surface area contributed by atoms with Gasteiger partial charge in [0.2, 0.25) is 5.89 Å². The van der Waals surface area contributed by atoms with E-state index in [4.69, 9.17) is 32.4 Å². The fourth-order valence-corrected chi connectivity index (χ4v) is 3.05. The topological polar surface area (TPSA) is 48.2 Å². The van der Waals surface area contributed by atoms with E-state index < -0.39 is 0 Å². The van der Waals surface area contributed by atoms with Gasteiger partial charge in [-0.05, 0) is 48.9 Å². The first-order chi connectivity index (χ1) is 11.7. The zero-order valence-electron chi connectivity index (χ0n) is 12.8. The Morgan fingerprint density at radius 1 is 1.04 bits per heavy atom. The molecule has 0 bridgehead atoms. The van der Waals surface area contributed by atoms with Gasteiger partial charge in [0, 0.05) is 11.3 Å². The van der Waals surface area contributed by atoms with Crippen LogP contribution in [0.5, 0.6) is 5.75 Å². The van der Waals surface area contributed by atoms with Gasteiger partial charge in [0.1, 0.15) is 5.75 Å². The van der Waals surface area contributed by atoms with Gasteiger partial charge in [-0.25, -0.2) is 0 Å². The molecule has 124 valence electrons. The van der Waals surface area contributed by atoms with Crippen LogP contribution in [0.25, 0.3) is 11.5 Å². The fourth-order valence-electron chi connectivity index (χ4n) is 2.02. The summed E-state index contributed by atoms with van der Waals surface area (Å²) < 4.78 is 11.1. The Bertz CT molecular complexity index is 822. The minimum absolute atomic E-state index is 0.481. The lowest BCUT2D eigenvalue weighted by atomic mass is 10.2. The molecule has 1 aromatic heterocycles. The molecule has 0 unspecified atom stereocenters. The van der Waals surface area contributed by atoms with Crippen molar-refractivity contribution in [3.8, 4) is 17.2 Å². The number of rotatable bonds is 6. The van der Waals surface area contributed by atoms with Crippen molar-refractivity contribution in [2.75, 3.05) is 6.61 Å². The van der Waals surface area contributed by atoms with Crippen molar-refractivity contribution in [3.05, 3.63) is 58.1 Å². The number of thioether (sulfide) groups is 1. The molecule has 2 aromatic carbocycles. The highest BCUT2D eigenvalue weighted by atomic mass is 35.5. The Hall–Kier alpha value is -1.69. The van der Waals surface area contributed by atoms with Crippen molar-refractivity contribution in [2.24, 2.45) is 0 Å². The van der Waals surface area contributed by atoms with Gasteiger partial charge in [0.15, 0.2) is 0 Å². The first-order valence-corrected chi connectivity index (χ1v) is 9.03. The molecule has 3 rings (SSSR count). The quantitative estimate of drug-likeness (QED) is 0.510. The van der Waals surface area contributed by atoms with Crippen LogP contribution in [0.1, 0.15) is 12.5 Å². The van der Waals surface area contributed by atoms with E-state index in [2.05, 4.69) is 10.2 Å². The second-order valence-electron chi connectivity index (χ2n) is 4.87. The van der Waals surface area contributed by atoms with Gasteiger partial charge in [-0.1, -0.05) is 41.0 Å². The molecule has 4 nitrogen and oxygen atoms in total. The van der Waals surface area contributed by atoms with Crippen molar-refractivity contribution in [1.29, 1.82) is 0 Å². The number of ether oxygens (including phenoxy) is 1.